The average molecular weight is 475 g/mol. The predicted molar refractivity (Wildman–Crippen MR) is 135 cm³/mol. The van der Waals surface area contributed by atoms with Crippen molar-refractivity contribution in [1.29, 1.82) is 0 Å². The van der Waals surface area contributed by atoms with E-state index in [9.17, 15) is 9.59 Å². The van der Waals surface area contributed by atoms with Gasteiger partial charge < -0.3 is 9.80 Å². The minimum Gasteiger partial charge on any atom is -0.355 e. The number of carbonyl (C=O) groups excluding carboxylic acids is 2. The number of aldehydes is 2. The van der Waals surface area contributed by atoms with Crippen LogP contribution in [0.3, 0.4) is 0 Å². The molecule has 1 saturated heterocycles. The lowest BCUT2D eigenvalue weighted by Crippen LogP contribution is -2.31. The number of hydrogen-bond donors (Lipinski definition) is 0. The molecular formula is C25H22N4O2S2. The van der Waals surface area contributed by atoms with Crippen molar-refractivity contribution in [3.63, 3.8) is 0 Å². The summed E-state index contributed by atoms with van der Waals surface area (Å²) in [5, 5.41) is 3.86. The Hall–Kier alpha value is -3.36. The van der Waals surface area contributed by atoms with Gasteiger partial charge in [-0.1, -0.05) is 0 Å². The molecule has 8 heteroatoms. The Morgan fingerprint density at radius 2 is 1.15 bits per heavy atom. The molecule has 0 spiro atoms. The Labute approximate surface area is 200 Å². The van der Waals surface area contributed by atoms with Gasteiger partial charge in [0.15, 0.2) is 12.6 Å². The quantitative estimate of drug-likeness (QED) is 0.355. The maximum absolute atomic E-state index is 11.2. The highest BCUT2D eigenvalue weighted by molar-refractivity contribution is 7.12. The van der Waals surface area contributed by atoms with Crippen molar-refractivity contribution in [3.8, 4) is 22.3 Å². The third kappa shape index (κ3) is 4.44. The minimum absolute atomic E-state index is 0.731. The first-order valence-electron chi connectivity index (χ1n) is 10.7. The van der Waals surface area contributed by atoms with E-state index in [-0.39, 0.29) is 0 Å². The van der Waals surface area contributed by atoms with E-state index in [0.717, 1.165) is 88.8 Å². The fourth-order valence-electron chi connectivity index (χ4n) is 4.14. The number of nitrogens with zero attached hydrogens (tertiary/aromatic N) is 4. The molecule has 1 aliphatic rings. The number of rotatable bonds is 6. The lowest BCUT2D eigenvalue weighted by molar-refractivity contribution is 0.111. The second-order valence-electron chi connectivity index (χ2n) is 7.77. The summed E-state index contributed by atoms with van der Waals surface area (Å²) < 4.78 is 0. The van der Waals surface area contributed by atoms with Crippen LogP contribution in [0.25, 0.3) is 22.3 Å². The monoisotopic (exact) mass is 474 g/mol. The molecule has 0 amide bonds. The molecule has 0 radical (unpaired) electrons. The maximum atomic E-state index is 11.2. The molecular weight excluding hydrogens is 452 g/mol. The maximum Gasteiger partial charge on any atom is 0.160 e. The molecule has 0 unspecified atom stereocenters. The third-order valence-corrected chi connectivity index (χ3v) is 7.55. The zero-order valence-electron chi connectivity index (χ0n) is 17.9. The number of carbonyl (C=O) groups is 2. The van der Waals surface area contributed by atoms with Crippen LogP contribution in [0.2, 0.25) is 0 Å². The first-order valence-corrected chi connectivity index (χ1v) is 12.5. The molecule has 0 atom stereocenters. The number of aromatic nitrogens is 2. The highest BCUT2D eigenvalue weighted by Gasteiger charge is 2.18. The Kier molecular flexibility index (Phi) is 6.28. The van der Waals surface area contributed by atoms with Gasteiger partial charge in [0.25, 0.3) is 0 Å². The van der Waals surface area contributed by atoms with E-state index in [0.29, 0.717) is 0 Å². The van der Waals surface area contributed by atoms with E-state index in [2.05, 4.69) is 19.8 Å². The van der Waals surface area contributed by atoms with E-state index < -0.39 is 0 Å². The molecule has 166 valence electrons. The molecule has 0 aliphatic carbocycles. The van der Waals surface area contributed by atoms with Gasteiger partial charge in [-0.05, 0) is 53.6 Å². The lowest BCUT2D eigenvalue weighted by atomic mass is 10.1. The molecule has 0 N–H and O–H groups in total. The zero-order valence-corrected chi connectivity index (χ0v) is 19.5. The van der Waals surface area contributed by atoms with Crippen molar-refractivity contribution >= 4 is 46.9 Å². The summed E-state index contributed by atoms with van der Waals surface area (Å²) in [5.41, 5.74) is 3.80. The molecule has 0 aromatic carbocycles. The smallest absolute Gasteiger partial charge is 0.160 e. The minimum atomic E-state index is 0.731. The van der Waals surface area contributed by atoms with Crippen molar-refractivity contribution in [3.05, 3.63) is 69.3 Å². The van der Waals surface area contributed by atoms with Crippen LogP contribution < -0.4 is 9.80 Å². The summed E-state index contributed by atoms with van der Waals surface area (Å²) >= 11 is 2.89. The molecule has 5 heterocycles. The highest BCUT2D eigenvalue weighted by Crippen LogP contribution is 2.29. The van der Waals surface area contributed by atoms with Gasteiger partial charge in [-0.3, -0.25) is 9.59 Å². The molecule has 4 aromatic rings. The summed E-state index contributed by atoms with van der Waals surface area (Å²) in [5.74, 6) is 1.90. The number of hydrogen-bond acceptors (Lipinski definition) is 8. The summed E-state index contributed by atoms with van der Waals surface area (Å²) in [4.78, 5) is 37.9. The van der Waals surface area contributed by atoms with Gasteiger partial charge in [-0.15, -0.1) is 22.7 Å². The lowest BCUT2D eigenvalue weighted by Gasteiger charge is -2.23. The Balaban J connectivity index is 1.26. The standard InChI is InChI=1S/C25H22N4O2S2/c30-16-22-20(6-12-32-22)18-2-4-24(26-14-18)28-8-1-9-29(11-10-28)25-5-3-19(15-27-25)21-7-13-33-23(21)17-31/h2-7,12-17H,1,8-11H2. The van der Waals surface area contributed by atoms with Crippen LogP contribution >= 0.6 is 22.7 Å². The molecule has 0 saturated carbocycles. The summed E-state index contributed by atoms with van der Waals surface area (Å²) in [6, 6.07) is 12.1. The van der Waals surface area contributed by atoms with Crippen LogP contribution in [0.4, 0.5) is 11.6 Å². The second-order valence-corrected chi connectivity index (χ2v) is 9.67. The molecule has 4 aromatic heterocycles. The van der Waals surface area contributed by atoms with Crippen LogP contribution in [-0.4, -0.2) is 48.7 Å². The second kappa shape index (κ2) is 9.64. The van der Waals surface area contributed by atoms with Crippen molar-refractivity contribution in [2.45, 2.75) is 6.42 Å². The molecule has 6 nitrogen and oxygen atoms in total. The Bertz CT molecular complexity index is 1150. The first-order chi connectivity index (χ1) is 16.3. The average Bonchev–Trinajstić information content (AvgIpc) is 3.48. The predicted octanol–water partition coefficient (Wildman–Crippen LogP) is 5.28. The van der Waals surface area contributed by atoms with Gasteiger partial charge >= 0.3 is 0 Å². The number of thiophene rings is 2. The highest BCUT2D eigenvalue weighted by atomic mass is 32.1. The van der Waals surface area contributed by atoms with Gasteiger partial charge in [-0.25, -0.2) is 9.97 Å². The van der Waals surface area contributed by atoms with E-state index in [1.54, 1.807) is 0 Å². The topological polar surface area (TPSA) is 66.4 Å². The van der Waals surface area contributed by atoms with Crippen molar-refractivity contribution < 1.29 is 9.59 Å². The largest absolute Gasteiger partial charge is 0.355 e. The van der Waals surface area contributed by atoms with Crippen LogP contribution in [0.1, 0.15) is 25.8 Å². The molecule has 1 aliphatic heterocycles. The van der Waals surface area contributed by atoms with Crippen LogP contribution in [-0.2, 0) is 0 Å². The number of pyridine rings is 2. The van der Waals surface area contributed by atoms with E-state index >= 15 is 0 Å². The van der Waals surface area contributed by atoms with Gasteiger partial charge in [0.1, 0.15) is 11.6 Å². The molecule has 33 heavy (non-hydrogen) atoms. The first kappa shape index (κ1) is 21.5. The normalized spacial score (nSPS) is 14.2. The van der Waals surface area contributed by atoms with Crippen LogP contribution in [0.5, 0.6) is 0 Å². The van der Waals surface area contributed by atoms with Crippen molar-refractivity contribution in [1.82, 2.24) is 9.97 Å². The van der Waals surface area contributed by atoms with Crippen molar-refractivity contribution in [2.75, 3.05) is 36.0 Å². The van der Waals surface area contributed by atoms with Gasteiger partial charge in [0.2, 0.25) is 0 Å². The van der Waals surface area contributed by atoms with Crippen LogP contribution in [0, 0.1) is 0 Å². The van der Waals surface area contributed by atoms with Gasteiger partial charge in [-0.2, -0.15) is 0 Å². The van der Waals surface area contributed by atoms with Crippen molar-refractivity contribution in [2.24, 2.45) is 0 Å². The number of anilines is 2. The summed E-state index contributed by atoms with van der Waals surface area (Å²) in [7, 11) is 0. The Morgan fingerprint density at radius 3 is 1.55 bits per heavy atom. The van der Waals surface area contributed by atoms with E-state index in [1.165, 1.54) is 22.7 Å². The third-order valence-electron chi connectivity index (χ3n) is 5.87. The fourth-order valence-corrected chi connectivity index (χ4v) is 5.58. The summed E-state index contributed by atoms with van der Waals surface area (Å²) in [6.45, 7) is 3.56. The molecule has 5 rings (SSSR count). The Morgan fingerprint density at radius 1 is 0.667 bits per heavy atom. The molecule has 0 bridgehead atoms. The van der Waals surface area contributed by atoms with E-state index in [1.807, 2.05) is 59.6 Å². The van der Waals surface area contributed by atoms with Crippen LogP contribution in [0.15, 0.2) is 59.6 Å². The zero-order chi connectivity index (χ0) is 22.6. The fraction of sp³-hybridized carbons (Fsp3) is 0.200. The van der Waals surface area contributed by atoms with Gasteiger partial charge in [0.05, 0.1) is 9.75 Å². The summed E-state index contributed by atoms with van der Waals surface area (Å²) in [6.07, 6.45) is 6.52. The SMILES string of the molecule is O=Cc1sccc1-c1ccc(N2CCCN(c3ccc(-c4ccsc4C=O)cn3)CC2)nc1. The van der Waals surface area contributed by atoms with E-state index in [4.69, 9.17) is 0 Å². The van der Waals surface area contributed by atoms with Gasteiger partial charge in [0, 0.05) is 60.8 Å². The molecule has 1 fully saturated rings.